The van der Waals surface area contributed by atoms with Crippen molar-refractivity contribution in [3.8, 4) is 5.75 Å². The number of anilines is 2. The first-order valence-corrected chi connectivity index (χ1v) is 11.5. The van der Waals surface area contributed by atoms with Gasteiger partial charge in [-0.3, -0.25) is 13.9 Å². The van der Waals surface area contributed by atoms with Gasteiger partial charge in [0.2, 0.25) is 5.95 Å². The molecule has 5 rings (SSSR count). The van der Waals surface area contributed by atoms with Gasteiger partial charge >= 0.3 is 5.69 Å². The molecule has 0 unspecified atom stereocenters. The van der Waals surface area contributed by atoms with Gasteiger partial charge in [0.25, 0.3) is 5.56 Å². The molecule has 0 radical (unpaired) electrons. The Morgan fingerprint density at radius 3 is 2.50 bits per heavy atom. The molecule has 176 valence electrons. The third-order valence-corrected chi connectivity index (χ3v) is 6.66. The van der Waals surface area contributed by atoms with Gasteiger partial charge < -0.3 is 14.2 Å². The maximum atomic E-state index is 13.7. The quantitative estimate of drug-likeness (QED) is 0.468. The molecule has 0 aliphatic carbocycles. The maximum absolute atomic E-state index is 13.7. The van der Waals surface area contributed by atoms with Gasteiger partial charge in [0, 0.05) is 25.8 Å². The molecule has 4 aromatic rings. The van der Waals surface area contributed by atoms with Crippen LogP contribution in [0.3, 0.4) is 0 Å². The summed E-state index contributed by atoms with van der Waals surface area (Å²) < 4.78 is 10.1. The number of rotatable bonds is 4. The lowest BCUT2D eigenvalue weighted by atomic mass is 10.1. The molecule has 0 saturated carbocycles. The van der Waals surface area contributed by atoms with E-state index in [1.54, 1.807) is 14.2 Å². The Kier molecular flexibility index (Phi) is 5.31. The van der Waals surface area contributed by atoms with E-state index in [1.807, 2.05) is 60.9 Å². The molecule has 2 aromatic carbocycles. The number of imidazole rings is 1. The summed E-state index contributed by atoms with van der Waals surface area (Å²) in [5.74, 6) is 1.74. The van der Waals surface area contributed by atoms with Gasteiger partial charge in [-0.2, -0.15) is 4.98 Å². The van der Waals surface area contributed by atoms with E-state index in [0.29, 0.717) is 23.7 Å². The normalized spacial score (nSPS) is 15.6. The zero-order valence-corrected chi connectivity index (χ0v) is 20.2. The molecule has 0 bridgehead atoms. The zero-order valence-electron chi connectivity index (χ0n) is 20.2. The van der Waals surface area contributed by atoms with Crippen LogP contribution in [0, 0.1) is 19.8 Å². The minimum Gasteiger partial charge on any atom is -0.497 e. The fraction of sp³-hybridized carbons (Fsp3) is 0.346. The van der Waals surface area contributed by atoms with E-state index in [-0.39, 0.29) is 23.7 Å². The number of methoxy groups -OCH3 is 1. The molecule has 1 atom stereocenters. The highest BCUT2D eigenvalue weighted by atomic mass is 16.5. The van der Waals surface area contributed by atoms with Crippen LogP contribution in [-0.4, -0.2) is 32.3 Å². The molecule has 0 amide bonds. The van der Waals surface area contributed by atoms with E-state index in [2.05, 4.69) is 11.8 Å². The number of aromatic nitrogens is 4. The van der Waals surface area contributed by atoms with Crippen LogP contribution in [0.25, 0.3) is 11.2 Å². The van der Waals surface area contributed by atoms with Crippen molar-refractivity contribution < 1.29 is 4.74 Å². The second kappa shape index (κ2) is 8.20. The smallest absolute Gasteiger partial charge is 0.332 e. The average Bonchev–Trinajstić information content (AvgIpc) is 3.21. The van der Waals surface area contributed by atoms with Crippen molar-refractivity contribution in [3.63, 3.8) is 0 Å². The molecular weight excluding hydrogens is 430 g/mol. The monoisotopic (exact) mass is 459 g/mol. The molecule has 0 fully saturated rings. The van der Waals surface area contributed by atoms with Crippen LogP contribution >= 0.6 is 0 Å². The minimum absolute atomic E-state index is 0.229. The average molecular weight is 460 g/mol. The van der Waals surface area contributed by atoms with E-state index >= 15 is 0 Å². The molecule has 1 aliphatic rings. The second-order valence-electron chi connectivity index (χ2n) is 9.27. The molecule has 3 heterocycles. The zero-order chi connectivity index (χ0) is 24.1. The highest BCUT2D eigenvalue weighted by Gasteiger charge is 2.30. The SMILES string of the molecule is COc1ccc(N2C[C@H](C)Cn3c2nc2c3c(=O)n(Cc3cc(C)ccc3C)c(=O)n2C)cc1. The van der Waals surface area contributed by atoms with Gasteiger partial charge in [-0.05, 0) is 55.2 Å². The maximum Gasteiger partial charge on any atom is 0.332 e. The van der Waals surface area contributed by atoms with Crippen LogP contribution in [0.1, 0.15) is 23.6 Å². The van der Waals surface area contributed by atoms with Crippen LogP contribution in [0.5, 0.6) is 5.75 Å². The fourth-order valence-electron chi connectivity index (χ4n) is 4.77. The summed E-state index contributed by atoms with van der Waals surface area (Å²) >= 11 is 0. The Morgan fingerprint density at radius 2 is 1.79 bits per heavy atom. The summed E-state index contributed by atoms with van der Waals surface area (Å²) in [6.45, 7) is 7.82. The predicted octanol–water partition coefficient (Wildman–Crippen LogP) is 3.36. The summed E-state index contributed by atoms with van der Waals surface area (Å²) in [6, 6.07) is 13.9. The van der Waals surface area contributed by atoms with Gasteiger partial charge in [0.15, 0.2) is 11.2 Å². The number of benzene rings is 2. The van der Waals surface area contributed by atoms with Crippen molar-refractivity contribution >= 4 is 22.8 Å². The van der Waals surface area contributed by atoms with Crippen LogP contribution in [0.15, 0.2) is 52.1 Å². The van der Waals surface area contributed by atoms with Crippen LogP contribution in [-0.2, 0) is 20.1 Å². The fourth-order valence-corrected chi connectivity index (χ4v) is 4.77. The van der Waals surface area contributed by atoms with E-state index in [9.17, 15) is 9.59 Å². The first kappa shape index (κ1) is 22.0. The van der Waals surface area contributed by atoms with Crippen molar-refractivity contribution in [2.75, 3.05) is 18.6 Å². The van der Waals surface area contributed by atoms with Gasteiger partial charge in [0.1, 0.15) is 5.75 Å². The summed E-state index contributed by atoms with van der Waals surface area (Å²) in [7, 11) is 3.32. The Bertz CT molecular complexity index is 1510. The molecule has 1 aliphatic heterocycles. The third kappa shape index (κ3) is 3.50. The second-order valence-corrected chi connectivity index (χ2v) is 9.27. The number of ether oxygens (including phenoxy) is 1. The summed E-state index contributed by atoms with van der Waals surface area (Å²) in [4.78, 5) is 33.9. The molecular formula is C26H29N5O3. The largest absolute Gasteiger partial charge is 0.497 e. The van der Waals surface area contributed by atoms with Gasteiger partial charge in [-0.25, -0.2) is 4.79 Å². The van der Waals surface area contributed by atoms with Gasteiger partial charge in [0.05, 0.1) is 13.7 Å². The number of hydrogen-bond donors (Lipinski definition) is 0. The topological polar surface area (TPSA) is 74.3 Å². The van der Waals surface area contributed by atoms with Crippen LogP contribution < -0.4 is 20.9 Å². The number of hydrogen-bond acceptors (Lipinski definition) is 5. The van der Waals surface area contributed by atoms with Gasteiger partial charge in [-0.1, -0.05) is 30.7 Å². The van der Waals surface area contributed by atoms with Crippen molar-refractivity contribution in [3.05, 3.63) is 80.0 Å². The number of aryl methyl sites for hydroxylation is 3. The summed E-state index contributed by atoms with van der Waals surface area (Å²) in [5, 5.41) is 0. The number of nitrogens with zero attached hydrogens (tertiary/aromatic N) is 5. The molecule has 8 nitrogen and oxygen atoms in total. The lowest BCUT2D eigenvalue weighted by Crippen LogP contribution is -2.40. The molecule has 2 aromatic heterocycles. The lowest BCUT2D eigenvalue weighted by molar-refractivity contribution is 0.414. The van der Waals surface area contributed by atoms with Crippen molar-refractivity contribution in [1.82, 2.24) is 18.7 Å². The predicted molar refractivity (Wildman–Crippen MR) is 133 cm³/mol. The molecule has 34 heavy (non-hydrogen) atoms. The molecule has 0 N–H and O–H groups in total. The van der Waals surface area contributed by atoms with E-state index in [4.69, 9.17) is 9.72 Å². The Balaban J connectivity index is 1.70. The van der Waals surface area contributed by atoms with Crippen LogP contribution in [0.2, 0.25) is 0 Å². The highest BCUT2D eigenvalue weighted by Crippen LogP contribution is 2.33. The first-order chi connectivity index (χ1) is 16.3. The molecule has 0 spiro atoms. The summed E-state index contributed by atoms with van der Waals surface area (Å²) in [6.07, 6.45) is 0. The Hall–Kier alpha value is -3.81. The first-order valence-electron chi connectivity index (χ1n) is 11.5. The lowest BCUT2D eigenvalue weighted by Gasteiger charge is -2.33. The molecule has 8 heteroatoms. The standard InChI is InChI=1S/C26H29N5O3/c1-16-6-7-18(3)19(12-16)15-31-24(32)22-23(28(4)26(31)33)27-25-29(13-17(2)14-30(22)25)20-8-10-21(34-5)11-9-20/h6-12,17H,13-15H2,1-5H3/t17-/m0/s1. The number of fused-ring (bicyclic) bond motifs is 3. The van der Waals surface area contributed by atoms with E-state index < -0.39 is 0 Å². The third-order valence-electron chi connectivity index (χ3n) is 6.66. The van der Waals surface area contributed by atoms with Gasteiger partial charge in [-0.15, -0.1) is 0 Å². The minimum atomic E-state index is -0.363. The van der Waals surface area contributed by atoms with Crippen molar-refractivity contribution in [2.45, 2.75) is 33.9 Å². The van der Waals surface area contributed by atoms with Crippen molar-refractivity contribution in [1.29, 1.82) is 0 Å². The van der Waals surface area contributed by atoms with E-state index in [1.165, 1.54) is 9.13 Å². The van der Waals surface area contributed by atoms with Crippen LogP contribution in [0.4, 0.5) is 11.6 Å². The molecule has 0 saturated heterocycles. The Morgan fingerprint density at radius 1 is 1.06 bits per heavy atom. The highest BCUT2D eigenvalue weighted by molar-refractivity contribution is 5.77. The Labute approximate surface area is 197 Å². The summed E-state index contributed by atoms with van der Waals surface area (Å²) in [5.41, 5.74) is 4.28. The van der Waals surface area contributed by atoms with Crippen molar-refractivity contribution in [2.24, 2.45) is 13.0 Å². The van der Waals surface area contributed by atoms with E-state index in [0.717, 1.165) is 34.7 Å².